The Kier molecular flexibility index (Phi) is 2.55. The van der Waals surface area contributed by atoms with Crippen molar-refractivity contribution in [1.29, 1.82) is 0 Å². The number of aliphatic hydroxyl groups is 2. The maximum Gasteiger partial charge on any atom is 0.319 e. The molecule has 1 saturated heterocycles. The van der Waals surface area contributed by atoms with Crippen LogP contribution in [0.4, 0.5) is 0 Å². The van der Waals surface area contributed by atoms with Gasteiger partial charge in [0, 0.05) is 17.4 Å². The van der Waals surface area contributed by atoms with Gasteiger partial charge in [-0.2, -0.15) is 0 Å². The molecule has 4 aliphatic carbocycles. The lowest BCUT2D eigenvalue weighted by atomic mass is 9.40. The zero-order chi connectivity index (χ0) is 18.9. The number of esters is 1. The molecule has 3 saturated carbocycles. The summed E-state index contributed by atoms with van der Waals surface area (Å²) in [7, 11) is 0. The van der Waals surface area contributed by atoms with Crippen LogP contribution >= 0.6 is 0 Å². The molecule has 2 bridgehead atoms. The maximum atomic E-state index is 13.3. The maximum absolute atomic E-state index is 13.3. The molecule has 0 spiro atoms. The number of ketones is 2. The summed E-state index contributed by atoms with van der Waals surface area (Å²) in [6.07, 6.45) is 4.64. The van der Waals surface area contributed by atoms with Crippen LogP contribution in [0.15, 0.2) is 24.3 Å². The lowest BCUT2D eigenvalue weighted by Crippen LogP contribution is -2.75. The normalized spacial score (nSPS) is 56.8. The largest absolute Gasteiger partial charge is 0.424 e. The van der Waals surface area contributed by atoms with Crippen molar-refractivity contribution in [3.63, 3.8) is 0 Å². The van der Waals surface area contributed by atoms with Gasteiger partial charge in [0.2, 0.25) is 5.78 Å². The van der Waals surface area contributed by atoms with Gasteiger partial charge in [-0.1, -0.05) is 26.0 Å². The summed E-state index contributed by atoms with van der Waals surface area (Å²) in [5, 5.41) is 23.0. The Morgan fingerprint density at radius 3 is 2.62 bits per heavy atom. The first-order chi connectivity index (χ1) is 12.0. The third kappa shape index (κ3) is 1.26. The quantitative estimate of drug-likeness (QED) is 0.537. The number of carbonyl (C=O) groups is 3. The van der Waals surface area contributed by atoms with E-state index < -0.39 is 45.2 Å². The second kappa shape index (κ2) is 4.04. The van der Waals surface area contributed by atoms with Gasteiger partial charge in [0.1, 0.15) is 5.41 Å². The molecule has 1 heterocycles. The van der Waals surface area contributed by atoms with E-state index in [-0.39, 0.29) is 30.3 Å². The summed E-state index contributed by atoms with van der Waals surface area (Å²) >= 11 is 0. The number of ether oxygens (including phenoxy) is 1. The Balaban J connectivity index is 1.88. The third-order valence-electron chi connectivity index (χ3n) is 8.18. The van der Waals surface area contributed by atoms with Gasteiger partial charge >= 0.3 is 5.97 Å². The van der Waals surface area contributed by atoms with Crippen molar-refractivity contribution in [2.75, 3.05) is 0 Å². The fourth-order valence-corrected chi connectivity index (χ4v) is 6.54. The Morgan fingerprint density at radius 1 is 1.27 bits per heavy atom. The Hall–Kier alpha value is -1.79. The molecular formula is C20H22O6. The highest BCUT2D eigenvalue weighted by atomic mass is 16.7. The number of carbonyl (C=O) groups excluding carboxylic acids is 3. The molecule has 6 heteroatoms. The van der Waals surface area contributed by atoms with Crippen LogP contribution < -0.4 is 0 Å². The molecule has 0 aromatic heterocycles. The van der Waals surface area contributed by atoms with E-state index >= 15 is 0 Å². The molecule has 0 aromatic carbocycles. The second-order valence-corrected chi connectivity index (χ2v) is 9.19. The number of hydrogen-bond acceptors (Lipinski definition) is 6. The smallest absolute Gasteiger partial charge is 0.319 e. The summed E-state index contributed by atoms with van der Waals surface area (Å²) < 4.78 is 5.32. The average molecular weight is 358 g/mol. The van der Waals surface area contributed by atoms with E-state index in [0.717, 1.165) is 6.42 Å². The SMILES string of the molecule is C=CC1(C)C=C2C(=O)C3(O)OC(=O)C4(CCC5CC5C34C)C2(O)C(=O)C1. The summed E-state index contributed by atoms with van der Waals surface area (Å²) in [6, 6.07) is 0. The van der Waals surface area contributed by atoms with Crippen LogP contribution in [0.2, 0.25) is 0 Å². The van der Waals surface area contributed by atoms with Crippen LogP contribution in [0.3, 0.4) is 0 Å². The Bertz CT molecular complexity index is 858. The van der Waals surface area contributed by atoms with Crippen molar-refractivity contribution in [2.45, 2.75) is 50.9 Å². The van der Waals surface area contributed by atoms with Gasteiger partial charge in [0.15, 0.2) is 11.4 Å². The minimum atomic E-state index is -2.33. The van der Waals surface area contributed by atoms with Crippen LogP contribution in [0, 0.1) is 28.1 Å². The zero-order valence-corrected chi connectivity index (χ0v) is 14.9. The van der Waals surface area contributed by atoms with Gasteiger partial charge < -0.3 is 14.9 Å². The first-order valence-electron chi connectivity index (χ1n) is 9.15. The van der Waals surface area contributed by atoms with Gasteiger partial charge in [-0.05, 0) is 31.1 Å². The second-order valence-electron chi connectivity index (χ2n) is 9.19. The van der Waals surface area contributed by atoms with Crippen molar-refractivity contribution in [2.24, 2.45) is 28.1 Å². The molecule has 2 N–H and O–H groups in total. The summed E-state index contributed by atoms with van der Waals surface area (Å²) in [5.41, 5.74) is -6.21. The number of allylic oxidation sites excluding steroid dienone is 2. The van der Waals surface area contributed by atoms with Gasteiger partial charge in [0.25, 0.3) is 5.79 Å². The van der Waals surface area contributed by atoms with E-state index in [1.165, 1.54) is 6.08 Å². The molecule has 6 nitrogen and oxygen atoms in total. The summed E-state index contributed by atoms with van der Waals surface area (Å²) in [5.74, 6) is -4.44. The molecule has 0 amide bonds. The fraction of sp³-hybridized carbons (Fsp3) is 0.650. The highest BCUT2D eigenvalue weighted by molar-refractivity contribution is 6.18. The molecule has 0 radical (unpaired) electrons. The standard InChI is InChI=1S/C20H22O6/c1-4-16(2)8-12-14(22)20(25)17(3)11-7-10(11)5-6-18(17,15(23)26-20)19(12,24)13(21)9-16/h4,8,10-11,24-25H,1,5-7,9H2,2-3H3. The highest BCUT2D eigenvalue weighted by Gasteiger charge is 2.91. The summed E-state index contributed by atoms with van der Waals surface area (Å²) in [4.78, 5) is 39.6. The van der Waals surface area contributed by atoms with Crippen LogP contribution in [-0.2, 0) is 19.1 Å². The highest BCUT2D eigenvalue weighted by Crippen LogP contribution is 2.79. The third-order valence-corrected chi connectivity index (χ3v) is 8.18. The van der Waals surface area contributed by atoms with E-state index in [1.807, 2.05) is 0 Å². The first kappa shape index (κ1) is 16.4. The number of Topliss-reactive ketones (excluding diaryl/α,β-unsaturated/α-hetero) is 2. The molecule has 7 unspecified atom stereocenters. The van der Waals surface area contributed by atoms with Gasteiger partial charge in [-0.3, -0.25) is 14.4 Å². The topological polar surface area (TPSA) is 101 Å². The van der Waals surface area contributed by atoms with Gasteiger partial charge in [0.05, 0.1) is 5.41 Å². The lowest BCUT2D eigenvalue weighted by Gasteiger charge is -2.59. The van der Waals surface area contributed by atoms with E-state index in [0.29, 0.717) is 6.42 Å². The van der Waals surface area contributed by atoms with Gasteiger partial charge in [-0.25, -0.2) is 0 Å². The van der Waals surface area contributed by atoms with Crippen LogP contribution in [0.1, 0.15) is 39.5 Å². The predicted octanol–water partition coefficient (Wildman–Crippen LogP) is 1.06. The van der Waals surface area contributed by atoms with E-state index in [9.17, 15) is 24.6 Å². The molecule has 26 heavy (non-hydrogen) atoms. The van der Waals surface area contributed by atoms with Crippen LogP contribution in [0.5, 0.6) is 0 Å². The average Bonchev–Trinajstić information content (AvgIpc) is 3.34. The predicted molar refractivity (Wildman–Crippen MR) is 88.4 cm³/mol. The fourth-order valence-electron chi connectivity index (χ4n) is 6.54. The molecule has 4 fully saturated rings. The lowest BCUT2D eigenvalue weighted by molar-refractivity contribution is -0.249. The zero-order valence-electron chi connectivity index (χ0n) is 14.9. The molecule has 7 atom stereocenters. The molecule has 0 aromatic rings. The number of rotatable bonds is 1. The molecule has 5 aliphatic rings. The van der Waals surface area contributed by atoms with Crippen molar-refractivity contribution in [3.8, 4) is 0 Å². The van der Waals surface area contributed by atoms with Gasteiger partial charge in [-0.15, -0.1) is 6.58 Å². The monoisotopic (exact) mass is 358 g/mol. The van der Waals surface area contributed by atoms with E-state index in [1.54, 1.807) is 19.9 Å². The van der Waals surface area contributed by atoms with Crippen molar-refractivity contribution in [1.82, 2.24) is 0 Å². The van der Waals surface area contributed by atoms with Crippen molar-refractivity contribution in [3.05, 3.63) is 24.3 Å². The Morgan fingerprint density at radius 2 is 1.96 bits per heavy atom. The minimum Gasteiger partial charge on any atom is -0.424 e. The summed E-state index contributed by atoms with van der Waals surface area (Å²) in [6.45, 7) is 7.10. The molecule has 5 rings (SSSR count). The number of fused-ring (bicyclic) bond motifs is 2. The van der Waals surface area contributed by atoms with Crippen molar-refractivity contribution >= 4 is 17.5 Å². The van der Waals surface area contributed by atoms with E-state index in [4.69, 9.17) is 4.74 Å². The molecular weight excluding hydrogens is 336 g/mol. The first-order valence-corrected chi connectivity index (χ1v) is 9.15. The molecule has 1 aliphatic heterocycles. The number of hydrogen-bond donors (Lipinski definition) is 2. The van der Waals surface area contributed by atoms with E-state index in [2.05, 4.69) is 6.58 Å². The Labute approximate surface area is 150 Å². The van der Waals surface area contributed by atoms with Crippen LogP contribution in [-0.4, -0.2) is 39.1 Å². The van der Waals surface area contributed by atoms with Crippen molar-refractivity contribution < 1.29 is 29.3 Å². The molecule has 138 valence electrons. The van der Waals surface area contributed by atoms with Crippen LogP contribution in [0.25, 0.3) is 0 Å². The minimum absolute atomic E-state index is 0.0542.